The Morgan fingerprint density at radius 2 is 1.62 bits per heavy atom. The Morgan fingerprint density at radius 3 is 2.24 bits per heavy atom. The van der Waals surface area contributed by atoms with E-state index in [1.54, 1.807) is 36.4 Å². The zero-order chi connectivity index (χ0) is 25.8. The van der Waals surface area contributed by atoms with Gasteiger partial charge in [0, 0.05) is 18.2 Å². The summed E-state index contributed by atoms with van der Waals surface area (Å²) in [7, 11) is 0. The first-order valence-corrected chi connectivity index (χ1v) is 13.2. The minimum Gasteiger partial charge on any atom is -0.489 e. The van der Waals surface area contributed by atoms with Crippen LogP contribution in [0.2, 0.25) is 5.02 Å². The van der Waals surface area contributed by atoms with Gasteiger partial charge >= 0.3 is 0 Å². The van der Waals surface area contributed by atoms with E-state index in [-0.39, 0.29) is 18.0 Å². The molecule has 1 amide bonds. The van der Waals surface area contributed by atoms with Gasteiger partial charge in [-0.15, -0.1) is 0 Å². The van der Waals surface area contributed by atoms with Gasteiger partial charge in [0.1, 0.15) is 11.6 Å². The number of Topliss-reactive ketones (excluding diaryl/α,β-unsaturated/α-hetero) is 1. The van der Waals surface area contributed by atoms with E-state index in [1.807, 2.05) is 18.2 Å². The van der Waals surface area contributed by atoms with Crippen molar-refractivity contribution in [2.75, 3.05) is 19.6 Å². The van der Waals surface area contributed by atoms with Crippen molar-refractivity contribution in [2.45, 2.75) is 44.2 Å². The number of amides is 1. The first-order chi connectivity index (χ1) is 17.9. The summed E-state index contributed by atoms with van der Waals surface area (Å²) >= 11 is 6.46. The third-order valence-corrected chi connectivity index (χ3v) is 7.14. The van der Waals surface area contributed by atoms with Crippen LogP contribution in [0.25, 0.3) is 11.1 Å². The minimum absolute atomic E-state index is 0.237. The van der Waals surface area contributed by atoms with Crippen molar-refractivity contribution in [2.24, 2.45) is 0 Å². The Labute approximate surface area is 221 Å². The molecule has 37 heavy (non-hydrogen) atoms. The van der Waals surface area contributed by atoms with E-state index in [0.717, 1.165) is 55.5 Å². The zero-order valence-electron chi connectivity index (χ0n) is 20.6. The second-order valence-corrected chi connectivity index (χ2v) is 10.3. The summed E-state index contributed by atoms with van der Waals surface area (Å²) in [5.74, 6) is -0.824. The van der Waals surface area contributed by atoms with Crippen LogP contribution in [0.1, 0.15) is 41.6 Å². The molecule has 0 aromatic heterocycles. The van der Waals surface area contributed by atoms with Crippen molar-refractivity contribution in [3.8, 4) is 16.9 Å². The predicted octanol–water partition coefficient (Wildman–Crippen LogP) is 5.69. The largest absolute Gasteiger partial charge is 0.489 e. The molecule has 5 nitrogen and oxygen atoms in total. The van der Waals surface area contributed by atoms with E-state index >= 15 is 0 Å². The topological polar surface area (TPSA) is 58.6 Å². The molecule has 7 heteroatoms. The van der Waals surface area contributed by atoms with Crippen molar-refractivity contribution in [1.29, 1.82) is 0 Å². The number of likely N-dealkylation sites (tertiary alicyclic amines) is 1. The number of halogens is 2. The fraction of sp³-hybridized carbons (Fsp3) is 0.333. The molecule has 3 aromatic rings. The highest BCUT2D eigenvalue weighted by atomic mass is 35.5. The van der Waals surface area contributed by atoms with Gasteiger partial charge in [0.15, 0.2) is 0 Å². The van der Waals surface area contributed by atoms with Gasteiger partial charge in [-0.25, -0.2) is 4.39 Å². The Morgan fingerprint density at radius 1 is 0.973 bits per heavy atom. The summed E-state index contributed by atoms with van der Waals surface area (Å²) in [5, 5.41) is 3.54. The quantitative estimate of drug-likeness (QED) is 0.275. The molecule has 1 saturated carbocycles. The van der Waals surface area contributed by atoms with Crippen molar-refractivity contribution in [3.05, 3.63) is 88.7 Å². The third-order valence-electron chi connectivity index (χ3n) is 6.84. The predicted molar refractivity (Wildman–Crippen MR) is 143 cm³/mol. The van der Waals surface area contributed by atoms with Crippen LogP contribution in [0.15, 0.2) is 66.7 Å². The number of nitrogens with zero attached hydrogens (tertiary/aromatic N) is 1. The summed E-state index contributed by atoms with van der Waals surface area (Å²) in [5.41, 5.74) is 2.97. The van der Waals surface area contributed by atoms with Gasteiger partial charge in [-0.2, -0.15) is 0 Å². The molecule has 2 aliphatic rings. The summed E-state index contributed by atoms with van der Waals surface area (Å²) in [4.78, 5) is 28.3. The number of rotatable bonds is 10. The molecular formula is C30H30ClFN2O3. The van der Waals surface area contributed by atoms with Crippen molar-refractivity contribution >= 4 is 23.3 Å². The van der Waals surface area contributed by atoms with Crippen LogP contribution < -0.4 is 10.1 Å². The number of ether oxygens (including phenoxy) is 1. The van der Waals surface area contributed by atoms with E-state index in [4.69, 9.17) is 16.3 Å². The van der Waals surface area contributed by atoms with Crippen molar-refractivity contribution in [3.63, 3.8) is 0 Å². The number of nitrogens with one attached hydrogen (secondary N) is 1. The number of carbonyl (C=O) groups is 2. The molecule has 2 fully saturated rings. The fourth-order valence-electron chi connectivity index (χ4n) is 4.69. The Kier molecular flexibility index (Phi) is 7.87. The van der Waals surface area contributed by atoms with E-state index in [9.17, 15) is 14.0 Å². The molecule has 0 bridgehead atoms. The molecule has 1 saturated heterocycles. The normalized spacial score (nSPS) is 16.4. The highest BCUT2D eigenvalue weighted by Crippen LogP contribution is 2.32. The average molecular weight is 521 g/mol. The van der Waals surface area contributed by atoms with E-state index in [2.05, 4.69) is 10.2 Å². The average Bonchev–Trinajstić information content (AvgIpc) is 3.58. The molecule has 5 rings (SSSR count). The Hall–Kier alpha value is -3.22. The maximum absolute atomic E-state index is 13.2. The SMILES string of the molecule is O=C(N[C@@H](Cc1ccc(OC2CC2)c(Cl)c1)CN1CCCC1)C(=O)c1ccc(-c2ccc(F)cc2)cc1. The van der Waals surface area contributed by atoms with Crippen molar-refractivity contribution < 1.29 is 18.7 Å². The maximum atomic E-state index is 13.2. The molecule has 0 unspecified atom stereocenters. The van der Waals surface area contributed by atoms with Crippen LogP contribution in [-0.2, 0) is 11.2 Å². The lowest BCUT2D eigenvalue weighted by molar-refractivity contribution is -0.117. The van der Waals surface area contributed by atoms with Crippen LogP contribution in [0, 0.1) is 5.82 Å². The second kappa shape index (κ2) is 11.4. The molecule has 1 aliphatic heterocycles. The highest BCUT2D eigenvalue weighted by Gasteiger charge is 2.26. The molecule has 3 aromatic carbocycles. The van der Waals surface area contributed by atoms with Gasteiger partial charge in [0.2, 0.25) is 5.78 Å². The lowest BCUT2D eigenvalue weighted by Crippen LogP contribution is -2.46. The lowest BCUT2D eigenvalue weighted by Gasteiger charge is -2.24. The summed E-state index contributed by atoms with van der Waals surface area (Å²) in [6.07, 6.45) is 5.22. The number of hydrogen-bond donors (Lipinski definition) is 1. The maximum Gasteiger partial charge on any atom is 0.292 e. The van der Waals surface area contributed by atoms with Crippen molar-refractivity contribution in [1.82, 2.24) is 10.2 Å². The molecular weight excluding hydrogens is 491 g/mol. The van der Waals surface area contributed by atoms with Gasteiger partial charge in [-0.1, -0.05) is 54.1 Å². The van der Waals surface area contributed by atoms with E-state index in [1.165, 1.54) is 12.1 Å². The van der Waals surface area contributed by atoms with Gasteiger partial charge in [0.25, 0.3) is 5.91 Å². The summed E-state index contributed by atoms with van der Waals surface area (Å²) in [6, 6.07) is 18.5. The van der Waals surface area contributed by atoms with Crippen LogP contribution in [-0.4, -0.2) is 48.4 Å². The number of benzene rings is 3. The van der Waals surface area contributed by atoms with Gasteiger partial charge in [-0.05, 0) is 86.1 Å². The van der Waals surface area contributed by atoms with Crippen LogP contribution in [0.4, 0.5) is 4.39 Å². The molecule has 0 radical (unpaired) electrons. The van der Waals surface area contributed by atoms with E-state index < -0.39 is 11.7 Å². The smallest absolute Gasteiger partial charge is 0.292 e. The van der Waals surface area contributed by atoms with E-state index in [0.29, 0.717) is 29.3 Å². The highest BCUT2D eigenvalue weighted by molar-refractivity contribution is 6.42. The molecule has 192 valence electrons. The minimum atomic E-state index is -0.626. The summed E-state index contributed by atoms with van der Waals surface area (Å²) < 4.78 is 19.1. The van der Waals surface area contributed by atoms with Gasteiger partial charge < -0.3 is 15.0 Å². The Balaban J connectivity index is 1.26. The monoisotopic (exact) mass is 520 g/mol. The van der Waals surface area contributed by atoms with Crippen LogP contribution in [0.5, 0.6) is 5.75 Å². The molecule has 0 spiro atoms. The first-order valence-electron chi connectivity index (χ1n) is 12.8. The second-order valence-electron chi connectivity index (χ2n) is 9.88. The molecule has 1 aliphatic carbocycles. The molecule has 1 N–H and O–H groups in total. The number of ketones is 1. The fourth-order valence-corrected chi connectivity index (χ4v) is 4.94. The van der Waals surface area contributed by atoms with Crippen LogP contribution in [0.3, 0.4) is 0 Å². The van der Waals surface area contributed by atoms with Gasteiger partial charge in [-0.3, -0.25) is 9.59 Å². The first kappa shape index (κ1) is 25.4. The number of carbonyl (C=O) groups excluding carboxylic acids is 2. The lowest BCUT2D eigenvalue weighted by atomic mass is 10.0. The Bertz CT molecular complexity index is 1250. The van der Waals surface area contributed by atoms with Crippen LogP contribution >= 0.6 is 11.6 Å². The molecule has 1 heterocycles. The third kappa shape index (κ3) is 6.76. The van der Waals surface area contributed by atoms with Gasteiger partial charge in [0.05, 0.1) is 11.1 Å². The number of hydrogen-bond acceptors (Lipinski definition) is 4. The summed E-state index contributed by atoms with van der Waals surface area (Å²) in [6.45, 7) is 2.64. The zero-order valence-corrected chi connectivity index (χ0v) is 21.3. The molecule has 1 atom stereocenters. The standard InChI is InChI=1S/C30H30ClFN2O3/c31-27-18-20(3-14-28(27)37-26-12-13-26)17-25(19-34-15-1-2-16-34)33-30(36)29(35)23-6-4-21(5-7-23)22-8-10-24(32)11-9-22/h3-11,14,18,25-26H,1-2,12-13,15-17,19H2,(H,33,36)/t25-/m0/s1.